The van der Waals surface area contributed by atoms with Crippen molar-refractivity contribution in [3.63, 3.8) is 0 Å². The van der Waals surface area contributed by atoms with Gasteiger partial charge in [-0.05, 0) is 27.2 Å². The number of carbonyl (C=O) groups excluding carboxylic acids is 1. The molecule has 3 N–H and O–H groups in total. The molecule has 1 heterocycles. The fraction of sp³-hybridized carbons (Fsp3) is 0.900. The van der Waals surface area contributed by atoms with Gasteiger partial charge in [0.25, 0.3) is 0 Å². The molecule has 4 nitrogen and oxygen atoms in total. The summed E-state index contributed by atoms with van der Waals surface area (Å²) in [5.74, 6) is -0.478. The monoisotopic (exact) mass is 254 g/mol. The summed E-state index contributed by atoms with van der Waals surface area (Å²) in [6.45, 7) is 5.59. The van der Waals surface area contributed by atoms with Gasteiger partial charge in [0.2, 0.25) is 0 Å². The highest BCUT2D eigenvalue weighted by Crippen LogP contribution is 2.15. The first-order chi connectivity index (χ1) is 6.79. The van der Waals surface area contributed by atoms with Crippen molar-refractivity contribution in [2.45, 2.75) is 51.0 Å². The van der Waals surface area contributed by atoms with E-state index in [0.29, 0.717) is 0 Å². The number of esters is 1. The third-order valence-electron chi connectivity index (χ3n) is 2.22. The van der Waals surface area contributed by atoms with Gasteiger partial charge in [-0.1, -0.05) is 0 Å². The van der Waals surface area contributed by atoms with Crippen molar-refractivity contribution in [1.29, 1.82) is 0 Å². The predicted molar refractivity (Wildman–Crippen MR) is 62.4 cm³/mol. The van der Waals surface area contributed by atoms with Gasteiger partial charge in [0.15, 0.2) is 0 Å². The molecule has 3 atom stereocenters. The van der Waals surface area contributed by atoms with Crippen LogP contribution in [0.15, 0.2) is 0 Å². The molecule has 16 heavy (non-hydrogen) atoms. The lowest BCUT2D eigenvalue weighted by Crippen LogP contribution is -2.49. The zero-order valence-electron chi connectivity index (χ0n) is 9.83. The Labute approximate surface area is 102 Å². The Balaban J connectivity index is 0.00000225. The van der Waals surface area contributed by atoms with Gasteiger partial charge in [-0.2, -0.15) is 0 Å². The molecule has 0 saturated carbocycles. The molecule has 1 rings (SSSR count). The van der Waals surface area contributed by atoms with Crippen molar-refractivity contribution in [3.8, 4) is 0 Å². The second kappa shape index (κ2) is 5.80. The fourth-order valence-electron chi connectivity index (χ4n) is 1.53. The summed E-state index contributed by atoms with van der Waals surface area (Å²) in [7, 11) is 0. The second-order valence-electron chi connectivity index (χ2n) is 4.91. The van der Waals surface area contributed by atoms with Gasteiger partial charge in [0, 0.05) is 12.6 Å². The zero-order valence-corrected chi connectivity index (χ0v) is 10.6. The lowest BCUT2D eigenvalue weighted by molar-refractivity contribution is -0.157. The molecule has 1 saturated heterocycles. The Bertz CT molecular complexity index is 245. The van der Waals surface area contributed by atoms with Crippen molar-refractivity contribution >= 4 is 18.4 Å². The van der Waals surface area contributed by atoms with Crippen molar-refractivity contribution < 1.29 is 13.9 Å². The van der Waals surface area contributed by atoms with Crippen LogP contribution in [-0.2, 0) is 9.53 Å². The van der Waals surface area contributed by atoms with Crippen LogP contribution in [-0.4, -0.2) is 36.4 Å². The minimum Gasteiger partial charge on any atom is -0.459 e. The highest BCUT2D eigenvalue weighted by atomic mass is 35.5. The molecule has 1 aliphatic rings. The highest BCUT2D eigenvalue weighted by molar-refractivity contribution is 5.85. The van der Waals surface area contributed by atoms with E-state index in [0.717, 1.165) is 0 Å². The van der Waals surface area contributed by atoms with Crippen molar-refractivity contribution in [2.24, 2.45) is 5.73 Å². The SMILES string of the molecule is CC(C)(C)OC(=O)C(N)[C@@H]1C[C@H](F)CN1.Cl. The summed E-state index contributed by atoms with van der Waals surface area (Å²) in [6.07, 6.45) is -0.635. The molecular formula is C10H20ClFN2O2. The molecular weight excluding hydrogens is 235 g/mol. The van der Waals surface area contributed by atoms with E-state index in [1.807, 2.05) is 0 Å². The molecule has 6 heteroatoms. The number of hydrogen-bond acceptors (Lipinski definition) is 4. The summed E-state index contributed by atoms with van der Waals surface area (Å²) in [5, 5.41) is 2.87. The molecule has 0 aromatic rings. The lowest BCUT2D eigenvalue weighted by Gasteiger charge is -2.24. The highest BCUT2D eigenvalue weighted by Gasteiger charge is 2.34. The molecule has 0 aliphatic carbocycles. The summed E-state index contributed by atoms with van der Waals surface area (Å²) in [6, 6.07) is -1.10. The van der Waals surface area contributed by atoms with Crippen molar-refractivity contribution in [3.05, 3.63) is 0 Å². The topological polar surface area (TPSA) is 64.3 Å². The molecule has 1 fully saturated rings. The van der Waals surface area contributed by atoms with Gasteiger partial charge in [0.05, 0.1) is 0 Å². The maximum Gasteiger partial charge on any atom is 0.325 e. The molecule has 1 unspecified atom stereocenters. The first kappa shape index (κ1) is 15.6. The third kappa shape index (κ3) is 4.63. The van der Waals surface area contributed by atoms with Crippen molar-refractivity contribution in [1.82, 2.24) is 5.32 Å². The summed E-state index contributed by atoms with van der Waals surface area (Å²) in [5.41, 5.74) is 5.14. The standard InChI is InChI=1S/C10H19FN2O2.ClH/c1-10(2,3)15-9(14)8(12)7-4-6(11)5-13-7;/h6-8,13H,4-5,12H2,1-3H3;1H/t6-,7-,8?;/m0./s1. The van der Waals surface area contributed by atoms with Crippen LogP contribution < -0.4 is 11.1 Å². The van der Waals surface area contributed by atoms with Crippen LogP contribution in [0, 0.1) is 0 Å². The van der Waals surface area contributed by atoms with Gasteiger partial charge in [-0.3, -0.25) is 4.79 Å². The van der Waals surface area contributed by atoms with Crippen LogP contribution in [0.1, 0.15) is 27.2 Å². The molecule has 1 aliphatic heterocycles. The summed E-state index contributed by atoms with van der Waals surface area (Å²) in [4.78, 5) is 11.5. The first-order valence-corrected chi connectivity index (χ1v) is 5.15. The second-order valence-corrected chi connectivity index (χ2v) is 4.91. The maximum absolute atomic E-state index is 12.9. The molecule has 0 aromatic carbocycles. The zero-order chi connectivity index (χ0) is 11.6. The minimum atomic E-state index is -0.913. The van der Waals surface area contributed by atoms with Gasteiger partial charge >= 0.3 is 5.97 Å². The molecule has 0 aromatic heterocycles. The number of nitrogens with two attached hydrogens (primary N) is 1. The molecule has 0 spiro atoms. The number of carbonyl (C=O) groups is 1. The lowest BCUT2D eigenvalue weighted by atomic mass is 10.1. The average Bonchev–Trinajstić information content (AvgIpc) is 2.47. The summed E-state index contributed by atoms with van der Waals surface area (Å²) < 4.78 is 18.0. The fourth-order valence-corrected chi connectivity index (χ4v) is 1.53. The van der Waals surface area contributed by atoms with E-state index in [4.69, 9.17) is 10.5 Å². The molecule has 96 valence electrons. The van der Waals surface area contributed by atoms with Gasteiger partial charge in [0.1, 0.15) is 17.8 Å². The van der Waals surface area contributed by atoms with Gasteiger partial charge in [-0.25, -0.2) is 4.39 Å². The van der Waals surface area contributed by atoms with E-state index in [1.165, 1.54) is 0 Å². The smallest absolute Gasteiger partial charge is 0.325 e. The largest absolute Gasteiger partial charge is 0.459 e. The van der Waals surface area contributed by atoms with Crippen LogP contribution in [0.2, 0.25) is 0 Å². The Hall–Kier alpha value is -0.390. The molecule has 0 bridgehead atoms. The number of hydrogen-bond donors (Lipinski definition) is 2. The Morgan fingerprint density at radius 3 is 2.50 bits per heavy atom. The van der Waals surface area contributed by atoms with Crippen LogP contribution in [0.25, 0.3) is 0 Å². The van der Waals surface area contributed by atoms with E-state index in [1.54, 1.807) is 20.8 Å². The number of alkyl halides is 1. The number of nitrogens with one attached hydrogen (secondary N) is 1. The van der Waals surface area contributed by atoms with Crippen LogP contribution in [0.3, 0.4) is 0 Å². The van der Waals surface area contributed by atoms with Crippen LogP contribution >= 0.6 is 12.4 Å². The van der Waals surface area contributed by atoms with Gasteiger partial charge in [-0.15, -0.1) is 12.4 Å². The minimum absolute atomic E-state index is 0. The normalized spacial score (nSPS) is 27.1. The van der Waals surface area contributed by atoms with Crippen LogP contribution in [0.4, 0.5) is 4.39 Å². The number of halogens is 2. The van der Waals surface area contributed by atoms with Crippen LogP contribution in [0.5, 0.6) is 0 Å². The van der Waals surface area contributed by atoms with Crippen molar-refractivity contribution in [2.75, 3.05) is 6.54 Å². The molecule has 0 radical (unpaired) electrons. The first-order valence-electron chi connectivity index (χ1n) is 5.15. The third-order valence-corrected chi connectivity index (χ3v) is 2.22. The number of ether oxygens (including phenoxy) is 1. The van der Waals surface area contributed by atoms with E-state index >= 15 is 0 Å². The Morgan fingerprint density at radius 2 is 2.12 bits per heavy atom. The summed E-state index contributed by atoms with van der Waals surface area (Å²) >= 11 is 0. The van der Waals surface area contributed by atoms with E-state index in [9.17, 15) is 9.18 Å². The predicted octanol–water partition coefficient (Wildman–Crippen LogP) is 0.777. The average molecular weight is 255 g/mol. The Kier molecular flexibility index (Phi) is 5.65. The van der Waals surface area contributed by atoms with E-state index < -0.39 is 23.8 Å². The quantitative estimate of drug-likeness (QED) is 0.715. The Morgan fingerprint density at radius 1 is 1.56 bits per heavy atom. The maximum atomic E-state index is 12.9. The number of rotatable bonds is 2. The van der Waals surface area contributed by atoms with E-state index in [-0.39, 0.29) is 31.4 Å². The van der Waals surface area contributed by atoms with Gasteiger partial charge < -0.3 is 15.8 Å². The van der Waals surface area contributed by atoms with E-state index in [2.05, 4.69) is 5.32 Å². The molecule has 0 amide bonds.